The van der Waals surface area contributed by atoms with Gasteiger partial charge in [0.15, 0.2) is 5.78 Å². The zero-order chi connectivity index (χ0) is 20.9. The molecule has 0 amide bonds. The summed E-state index contributed by atoms with van der Waals surface area (Å²) in [6.45, 7) is 1.59. The van der Waals surface area contributed by atoms with Gasteiger partial charge in [0.25, 0.3) is 0 Å². The lowest BCUT2D eigenvalue weighted by atomic mass is 9.62. The summed E-state index contributed by atoms with van der Waals surface area (Å²) in [5, 5.41) is 22.5. The van der Waals surface area contributed by atoms with Gasteiger partial charge in [0.2, 0.25) is 0 Å². The predicted molar refractivity (Wildman–Crippen MR) is 109 cm³/mol. The molecule has 2 aromatic carbocycles. The second kappa shape index (κ2) is 7.18. The maximum absolute atomic E-state index is 13.6. The van der Waals surface area contributed by atoms with E-state index in [0.717, 1.165) is 16.3 Å². The molecule has 4 unspecified atom stereocenters. The van der Waals surface area contributed by atoms with E-state index in [0.29, 0.717) is 42.1 Å². The lowest BCUT2D eigenvalue weighted by Gasteiger charge is -2.45. The first-order valence-electron chi connectivity index (χ1n) is 10.0. The molecule has 0 heterocycles. The first-order chi connectivity index (χ1) is 13.9. The molecule has 0 bridgehead atoms. The van der Waals surface area contributed by atoms with Gasteiger partial charge in [0.05, 0.1) is 44.0 Å². The second-order valence-corrected chi connectivity index (χ2v) is 8.26. The van der Waals surface area contributed by atoms with Crippen molar-refractivity contribution in [1.82, 2.24) is 0 Å². The summed E-state index contributed by atoms with van der Waals surface area (Å²) in [6, 6.07) is 5.62. The van der Waals surface area contributed by atoms with Crippen LogP contribution in [0.2, 0.25) is 0 Å². The van der Waals surface area contributed by atoms with Crippen LogP contribution in [0, 0.1) is 11.8 Å². The number of aliphatic hydroxyl groups excluding tert-OH is 1. The number of benzene rings is 2. The molecule has 2 aliphatic carbocycles. The monoisotopic (exact) mass is 400 g/mol. The Morgan fingerprint density at radius 1 is 1.14 bits per heavy atom. The maximum atomic E-state index is 13.6. The zero-order valence-corrected chi connectivity index (χ0v) is 17.3. The molecule has 2 aliphatic rings. The van der Waals surface area contributed by atoms with Gasteiger partial charge >= 0.3 is 0 Å². The van der Waals surface area contributed by atoms with Crippen molar-refractivity contribution in [2.24, 2.45) is 11.8 Å². The third-order valence-electron chi connectivity index (χ3n) is 6.85. The fourth-order valence-corrected chi connectivity index (χ4v) is 5.22. The van der Waals surface area contributed by atoms with Crippen molar-refractivity contribution >= 4 is 16.6 Å². The number of carbonyl (C=O) groups excluding carboxylic acids is 1. The molecule has 0 aliphatic heterocycles. The van der Waals surface area contributed by atoms with Crippen LogP contribution in [-0.4, -0.2) is 49.0 Å². The minimum atomic E-state index is -1.23. The molecule has 4 atom stereocenters. The van der Waals surface area contributed by atoms with Crippen molar-refractivity contribution < 1.29 is 29.2 Å². The summed E-state index contributed by atoms with van der Waals surface area (Å²) in [5.41, 5.74) is 0.141. The minimum absolute atomic E-state index is 0.0464. The predicted octanol–water partition coefficient (Wildman–Crippen LogP) is 3.13. The van der Waals surface area contributed by atoms with Crippen molar-refractivity contribution in [1.29, 1.82) is 0 Å². The molecule has 0 aromatic heterocycles. The van der Waals surface area contributed by atoms with E-state index in [2.05, 4.69) is 0 Å². The number of carbonyl (C=O) groups is 1. The zero-order valence-electron chi connectivity index (χ0n) is 17.3. The van der Waals surface area contributed by atoms with Gasteiger partial charge < -0.3 is 24.4 Å². The molecule has 0 radical (unpaired) electrons. The Morgan fingerprint density at radius 3 is 2.48 bits per heavy atom. The highest BCUT2D eigenvalue weighted by Crippen LogP contribution is 2.52. The van der Waals surface area contributed by atoms with Crippen molar-refractivity contribution in [2.75, 3.05) is 21.3 Å². The number of rotatable bonds is 4. The molecule has 1 saturated carbocycles. The Hall–Kier alpha value is -2.31. The minimum Gasteiger partial charge on any atom is -0.496 e. The molecular weight excluding hydrogens is 372 g/mol. The highest BCUT2D eigenvalue weighted by molar-refractivity contribution is 6.12. The quantitative estimate of drug-likeness (QED) is 0.820. The van der Waals surface area contributed by atoms with Crippen molar-refractivity contribution in [3.8, 4) is 17.2 Å². The van der Waals surface area contributed by atoms with Crippen LogP contribution in [-0.2, 0) is 6.42 Å². The molecule has 0 saturated heterocycles. The van der Waals surface area contributed by atoms with Gasteiger partial charge in [-0.2, -0.15) is 0 Å². The van der Waals surface area contributed by atoms with E-state index in [1.54, 1.807) is 28.3 Å². The number of hydrogen-bond donors (Lipinski definition) is 2. The number of ketones is 1. The third kappa shape index (κ3) is 2.89. The molecule has 0 spiro atoms. The molecular formula is C23H28O6. The Bertz CT molecular complexity index is 966. The molecule has 6 heteroatoms. The van der Waals surface area contributed by atoms with E-state index < -0.39 is 11.7 Å². The van der Waals surface area contributed by atoms with Crippen molar-refractivity contribution in [3.63, 3.8) is 0 Å². The first-order valence-corrected chi connectivity index (χ1v) is 10.0. The van der Waals surface area contributed by atoms with Crippen molar-refractivity contribution in [3.05, 3.63) is 29.3 Å². The lowest BCUT2D eigenvalue weighted by Crippen LogP contribution is -2.50. The first kappa shape index (κ1) is 20.0. The molecule has 2 N–H and O–H groups in total. The van der Waals surface area contributed by atoms with Crippen LogP contribution in [0.15, 0.2) is 18.2 Å². The van der Waals surface area contributed by atoms with E-state index in [-0.39, 0.29) is 24.0 Å². The smallest absolute Gasteiger partial charge is 0.170 e. The molecule has 29 heavy (non-hydrogen) atoms. The summed E-state index contributed by atoms with van der Waals surface area (Å²) in [4.78, 5) is 13.6. The summed E-state index contributed by atoms with van der Waals surface area (Å²) in [5.74, 6) is 1.54. The Labute approximate surface area is 170 Å². The fraction of sp³-hybridized carbons (Fsp3) is 0.522. The standard InChI is InChI=1S/C23H28O6/c1-12(24)23(26)9-8-13-10-15-19(20(25)16(13)11-23)21(28-3)14-6-5-7-17(27-2)18(14)22(15)29-4/h5-7,12-13,16,24,26H,8-11H2,1-4H3. The van der Waals surface area contributed by atoms with Crippen LogP contribution >= 0.6 is 0 Å². The number of Topliss-reactive ketones (excluding diaryl/α,β-unsaturated/α-hetero) is 1. The molecule has 1 fully saturated rings. The topological polar surface area (TPSA) is 85.2 Å². The normalized spacial score (nSPS) is 27.2. The largest absolute Gasteiger partial charge is 0.496 e. The van der Waals surface area contributed by atoms with Crippen LogP contribution in [0.1, 0.15) is 42.1 Å². The number of hydrogen-bond acceptors (Lipinski definition) is 6. The van der Waals surface area contributed by atoms with E-state index in [9.17, 15) is 15.0 Å². The molecule has 156 valence electrons. The van der Waals surface area contributed by atoms with Gasteiger partial charge in [-0.1, -0.05) is 12.1 Å². The van der Waals surface area contributed by atoms with Crippen LogP contribution < -0.4 is 14.2 Å². The second-order valence-electron chi connectivity index (χ2n) is 8.26. The van der Waals surface area contributed by atoms with E-state index >= 15 is 0 Å². The van der Waals surface area contributed by atoms with Crippen molar-refractivity contribution in [2.45, 2.75) is 44.3 Å². The van der Waals surface area contributed by atoms with Gasteiger partial charge in [-0.05, 0) is 44.6 Å². The summed E-state index contributed by atoms with van der Waals surface area (Å²) >= 11 is 0. The van der Waals surface area contributed by atoms with Gasteiger partial charge in [-0.3, -0.25) is 4.79 Å². The van der Waals surface area contributed by atoms with Crippen LogP contribution in [0.3, 0.4) is 0 Å². The number of aliphatic hydroxyl groups is 2. The summed E-state index contributed by atoms with van der Waals surface area (Å²) < 4.78 is 17.1. The summed E-state index contributed by atoms with van der Waals surface area (Å²) in [6.07, 6.45) is 1.19. The van der Waals surface area contributed by atoms with E-state index in [1.165, 1.54) is 0 Å². The fourth-order valence-electron chi connectivity index (χ4n) is 5.22. The average molecular weight is 400 g/mol. The van der Waals surface area contributed by atoms with Crippen LogP contribution in [0.4, 0.5) is 0 Å². The van der Waals surface area contributed by atoms with Gasteiger partial charge in [-0.15, -0.1) is 0 Å². The lowest BCUT2D eigenvalue weighted by molar-refractivity contribution is -0.107. The van der Waals surface area contributed by atoms with Gasteiger partial charge in [0, 0.05) is 16.9 Å². The average Bonchev–Trinajstić information content (AvgIpc) is 2.72. The van der Waals surface area contributed by atoms with Crippen LogP contribution in [0.5, 0.6) is 17.2 Å². The molecule has 2 aromatic rings. The molecule has 4 rings (SSSR count). The van der Waals surface area contributed by atoms with E-state index in [1.807, 2.05) is 18.2 Å². The highest BCUT2D eigenvalue weighted by Gasteiger charge is 2.49. The maximum Gasteiger partial charge on any atom is 0.170 e. The Morgan fingerprint density at radius 2 is 1.86 bits per heavy atom. The molecule has 6 nitrogen and oxygen atoms in total. The SMILES string of the molecule is COc1c2c(c(OC)c3c(OC)cccc13)CC1CCC(O)(C(C)O)CC1C2=O. The number of ether oxygens (including phenoxy) is 3. The third-order valence-corrected chi connectivity index (χ3v) is 6.85. The number of methoxy groups -OCH3 is 3. The Balaban J connectivity index is 1.95. The Kier molecular flexibility index (Phi) is 4.95. The van der Waals surface area contributed by atoms with Gasteiger partial charge in [-0.25, -0.2) is 0 Å². The highest BCUT2D eigenvalue weighted by atomic mass is 16.5. The summed E-state index contributed by atoms with van der Waals surface area (Å²) in [7, 11) is 4.78. The van der Waals surface area contributed by atoms with Crippen LogP contribution in [0.25, 0.3) is 10.8 Å². The van der Waals surface area contributed by atoms with Gasteiger partial charge in [0.1, 0.15) is 17.2 Å². The van der Waals surface area contributed by atoms with E-state index in [4.69, 9.17) is 14.2 Å². The number of fused-ring (bicyclic) bond motifs is 3.